The van der Waals surface area contributed by atoms with Gasteiger partial charge in [0.25, 0.3) is 10.0 Å². The lowest BCUT2D eigenvalue weighted by atomic mass is 10.1. The van der Waals surface area contributed by atoms with Crippen molar-refractivity contribution in [1.82, 2.24) is 4.90 Å². The summed E-state index contributed by atoms with van der Waals surface area (Å²) in [6.45, 7) is 1.13. The van der Waals surface area contributed by atoms with Crippen molar-refractivity contribution in [2.75, 3.05) is 24.9 Å². The average Bonchev–Trinajstić information content (AvgIpc) is 3.05. The van der Waals surface area contributed by atoms with E-state index in [1.54, 1.807) is 0 Å². The van der Waals surface area contributed by atoms with E-state index >= 15 is 0 Å². The number of hydrogen-bond acceptors (Lipinski definition) is 5. The first-order chi connectivity index (χ1) is 14.0. The molecule has 0 spiro atoms. The lowest BCUT2D eigenvalue weighted by Gasteiger charge is -2.19. The van der Waals surface area contributed by atoms with Gasteiger partial charge in [0, 0.05) is 19.2 Å². The van der Waals surface area contributed by atoms with Crippen molar-refractivity contribution in [1.29, 1.82) is 0 Å². The van der Waals surface area contributed by atoms with Crippen LogP contribution in [-0.2, 0) is 16.2 Å². The molecule has 0 saturated carbocycles. The van der Waals surface area contributed by atoms with Gasteiger partial charge in [0.1, 0.15) is 11.9 Å². The Balaban J connectivity index is 1.91. The second kappa shape index (κ2) is 8.15. The van der Waals surface area contributed by atoms with Crippen LogP contribution in [0.4, 0.5) is 18.9 Å². The number of anilines is 1. The zero-order chi connectivity index (χ0) is 22.1. The normalized spacial score (nSPS) is 17.7. The lowest BCUT2D eigenvalue weighted by Crippen LogP contribution is -2.23. The molecule has 0 unspecified atom stereocenters. The Morgan fingerprint density at radius 2 is 1.97 bits per heavy atom. The minimum atomic E-state index is -4.67. The van der Waals surface area contributed by atoms with E-state index in [1.807, 2.05) is 11.9 Å². The molecule has 2 aromatic carbocycles. The summed E-state index contributed by atoms with van der Waals surface area (Å²) in [7, 11) is -2.41. The zero-order valence-electron chi connectivity index (χ0n) is 15.8. The molecule has 1 aliphatic rings. The summed E-state index contributed by atoms with van der Waals surface area (Å²) in [6, 6.07) is 7.35. The molecule has 0 amide bonds. The number of carboxylic acids is 1. The Morgan fingerprint density at radius 1 is 1.23 bits per heavy atom. The van der Waals surface area contributed by atoms with E-state index < -0.39 is 39.6 Å². The first-order valence-corrected chi connectivity index (χ1v) is 10.4. The van der Waals surface area contributed by atoms with Gasteiger partial charge >= 0.3 is 12.1 Å². The smallest absolute Gasteiger partial charge is 0.419 e. The van der Waals surface area contributed by atoms with Gasteiger partial charge in [0.15, 0.2) is 0 Å². The summed E-state index contributed by atoms with van der Waals surface area (Å²) in [5.41, 5.74) is -1.38. The molecule has 30 heavy (non-hydrogen) atoms. The molecule has 3 rings (SSSR count). The van der Waals surface area contributed by atoms with Crippen molar-refractivity contribution in [3.05, 3.63) is 53.6 Å². The molecule has 7 nitrogen and oxygen atoms in total. The number of likely N-dealkylation sites (tertiary alicyclic amines) is 1. The second-order valence-electron chi connectivity index (χ2n) is 6.94. The van der Waals surface area contributed by atoms with E-state index in [9.17, 15) is 26.4 Å². The number of halogens is 3. The number of rotatable bonds is 6. The third-order valence-corrected chi connectivity index (χ3v) is 5.95. The molecule has 0 bridgehead atoms. The number of sulfonamides is 1. The maximum absolute atomic E-state index is 13.4. The zero-order valence-corrected chi connectivity index (χ0v) is 16.6. The molecule has 1 heterocycles. The van der Waals surface area contributed by atoms with Gasteiger partial charge < -0.3 is 14.7 Å². The van der Waals surface area contributed by atoms with Crippen LogP contribution in [0.1, 0.15) is 22.3 Å². The molecule has 1 saturated heterocycles. The molecule has 162 valence electrons. The van der Waals surface area contributed by atoms with Crippen molar-refractivity contribution >= 4 is 21.7 Å². The number of carbonyl (C=O) groups is 1. The number of benzene rings is 2. The van der Waals surface area contributed by atoms with Crippen LogP contribution in [-0.4, -0.2) is 50.6 Å². The fourth-order valence-corrected chi connectivity index (χ4v) is 4.19. The molecular formula is C19H19F3N2O5S. The molecule has 11 heteroatoms. The van der Waals surface area contributed by atoms with Gasteiger partial charge in [-0.3, -0.25) is 4.72 Å². The highest BCUT2D eigenvalue weighted by molar-refractivity contribution is 7.92. The summed E-state index contributed by atoms with van der Waals surface area (Å²) >= 11 is 0. The fourth-order valence-electron chi connectivity index (χ4n) is 3.10. The third kappa shape index (κ3) is 5.03. The minimum Gasteiger partial charge on any atom is -0.488 e. The third-order valence-electron chi connectivity index (χ3n) is 4.57. The maximum Gasteiger partial charge on any atom is 0.419 e. The second-order valence-corrected chi connectivity index (χ2v) is 8.62. The van der Waals surface area contributed by atoms with Crippen LogP contribution in [0.2, 0.25) is 0 Å². The van der Waals surface area contributed by atoms with Crippen molar-refractivity contribution in [3.8, 4) is 5.75 Å². The monoisotopic (exact) mass is 444 g/mol. The van der Waals surface area contributed by atoms with E-state index in [4.69, 9.17) is 9.84 Å². The van der Waals surface area contributed by atoms with E-state index in [0.717, 1.165) is 24.3 Å². The number of carboxylic acid groups (broad SMARTS) is 1. The van der Waals surface area contributed by atoms with Gasteiger partial charge in [-0.25, -0.2) is 13.2 Å². The standard InChI is InChI=1S/C19H19F3N2O5S/c1-24-8-7-14(11-24)29-17-10-13(5-6-16(17)19(20,21)22)23-30(27,28)15-4-2-3-12(9-15)18(25)26/h2-6,9-10,14,23H,7-8,11H2,1H3,(H,25,26)/t14-/m1/s1. The first kappa shape index (κ1) is 21.9. The van der Waals surface area contributed by atoms with Crippen LogP contribution in [0.25, 0.3) is 0 Å². The van der Waals surface area contributed by atoms with E-state index in [-0.39, 0.29) is 16.1 Å². The molecule has 1 atom stereocenters. The van der Waals surface area contributed by atoms with E-state index in [1.165, 1.54) is 18.2 Å². The number of alkyl halides is 3. The summed E-state index contributed by atoms with van der Waals surface area (Å²) < 4.78 is 73.0. The SMILES string of the molecule is CN1CC[C@@H](Oc2cc(NS(=O)(=O)c3cccc(C(=O)O)c3)ccc2C(F)(F)F)C1. The van der Waals surface area contributed by atoms with Gasteiger partial charge in [0.05, 0.1) is 21.7 Å². The number of ether oxygens (including phenoxy) is 1. The number of nitrogens with one attached hydrogen (secondary N) is 1. The van der Waals surface area contributed by atoms with Gasteiger partial charge in [-0.1, -0.05) is 6.07 Å². The van der Waals surface area contributed by atoms with Crippen LogP contribution >= 0.6 is 0 Å². The summed E-state index contributed by atoms with van der Waals surface area (Å²) in [6.07, 6.45) is -4.58. The molecular weight excluding hydrogens is 425 g/mol. The Hall–Kier alpha value is -2.79. The Morgan fingerprint density at radius 3 is 2.57 bits per heavy atom. The quantitative estimate of drug-likeness (QED) is 0.710. The number of aromatic carboxylic acids is 1. The van der Waals surface area contributed by atoms with Gasteiger partial charge in [0.2, 0.25) is 0 Å². The maximum atomic E-state index is 13.4. The van der Waals surface area contributed by atoms with E-state index in [0.29, 0.717) is 19.5 Å². The highest BCUT2D eigenvalue weighted by Crippen LogP contribution is 2.39. The van der Waals surface area contributed by atoms with Crippen LogP contribution in [0.15, 0.2) is 47.4 Å². The molecule has 0 aliphatic carbocycles. The summed E-state index contributed by atoms with van der Waals surface area (Å²) in [5, 5.41) is 9.02. The molecule has 0 radical (unpaired) electrons. The largest absolute Gasteiger partial charge is 0.488 e. The van der Waals surface area contributed by atoms with Crippen molar-refractivity contribution in [2.45, 2.75) is 23.6 Å². The van der Waals surface area contributed by atoms with Gasteiger partial charge in [-0.05, 0) is 43.8 Å². The van der Waals surface area contributed by atoms with Crippen LogP contribution in [0.3, 0.4) is 0 Å². The molecule has 2 N–H and O–H groups in total. The molecule has 2 aromatic rings. The van der Waals surface area contributed by atoms with Crippen molar-refractivity contribution < 1.29 is 36.2 Å². The summed E-state index contributed by atoms with van der Waals surface area (Å²) in [5.74, 6) is -1.78. The number of hydrogen-bond donors (Lipinski definition) is 2. The highest BCUT2D eigenvalue weighted by Gasteiger charge is 2.36. The van der Waals surface area contributed by atoms with E-state index in [2.05, 4.69) is 4.72 Å². The van der Waals surface area contributed by atoms with Gasteiger partial charge in [-0.15, -0.1) is 0 Å². The number of likely N-dealkylation sites (N-methyl/N-ethyl adjacent to an activating group) is 1. The van der Waals surface area contributed by atoms with Gasteiger partial charge in [-0.2, -0.15) is 13.2 Å². The van der Waals surface area contributed by atoms with Crippen molar-refractivity contribution in [2.24, 2.45) is 0 Å². The Labute approximate surface area is 171 Å². The average molecular weight is 444 g/mol. The van der Waals surface area contributed by atoms with Crippen LogP contribution < -0.4 is 9.46 Å². The number of nitrogens with zero attached hydrogens (tertiary/aromatic N) is 1. The Bertz CT molecular complexity index is 1060. The first-order valence-electron chi connectivity index (χ1n) is 8.88. The molecule has 0 aromatic heterocycles. The molecule has 1 aliphatic heterocycles. The van der Waals surface area contributed by atoms with Crippen LogP contribution in [0, 0.1) is 0 Å². The molecule has 1 fully saturated rings. The lowest BCUT2D eigenvalue weighted by molar-refractivity contribution is -0.139. The highest BCUT2D eigenvalue weighted by atomic mass is 32.2. The predicted molar refractivity (Wildman–Crippen MR) is 102 cm³/mol. The fraction of sp³-hybridized carbons (Fsp3) is 0.316. The van der Waals surface area contributed by atoms with Crippen molar-refractivity contribution in [3.63, 3.8) is 0 Å². The predicted octanol–water partition coefficient (Wildman–Crippen LogP) is 3.29. The summed E-state index contributed by atoms with van der Waals surface area (Å²) in [4.78, 5) is 12.6. The topological polar surface area (TPSA) is 95.9 Å². The Kier molecular flexibility index (Phi) is 5.95. The van der Waals surface area contributed by atoms with Crippen LogP contribution in [0.5, 0.6) is 5.75 Å². The minimum absolute atomic E-state index is 0.134.